The molecule has 26 heavy (non-hydrogen) atoms. The third kappa shape index (κ3) is 3.39. The van der Waals surface area contributed by atoms with Crippen LogP contribution in [-0.2, 0) is 5.75 Å². The van der Waals surface area contributed by atoms with E-state index in [0.29, 0.717) is 16.6 Å². The Morgan fingerprint density at radius 2 is 1.88 bits per heavy atom. The molecule has 2 heterocycles. The Bertz CT molecular complexity index is 1050. The zero-order valence-electron chi connectivity index (χ0n) is 14.0. The summed E-state index contributed by atoms with van der Waals surface area (Å²) in [5.41, 5.74) is 3.34. The van der Waals surface area contributed by atoms with Gasteiger partial charge >= 0.3 is 0 Å². The first kappa shape index (κ1) is 16.5. The molecule has 5 nitrogen and oxygen atoms in total. The Kier molecular flexibility index (Phi) is 4.53. The lowest BCUT2D eigenvalue weighted by atomic mass is 10.1. The molecule has 0 aliphatic rings. The van der Waals surface area contributed by atoms with Gasteiger partial charge in [-0.2, -0.15) is 9.61 Å². The maximum absolute atomic E-state index is 13.3. The molecule has 0 radical (unpaired) electrons. The minimum atomic E-state index is -0.242. The summed E-state index contributed by atoms with van der Waals surface area (Å²) in [6, 6.07) is 18.0. The summed E-state index contributed by atoms with van der Waals surface area (Å²) < 4.78 is 20.2. The highest BCUT2D eigenvalue weighted by Crippen LogP contribution is 2.24. The van der Waals surface area contributed by atoms with Crippen molar-refractivity contribution in [3.8, 4) is 17.0 Å². The van der Waals surface area contributed by atoms with Gasteiger partial charge in [0, 0.05) is 11.3 Å². The van der Waals surface area contributed by atoms with Crippen molar-refractivity contribution >= 4 is 17.4 Å². The van der Waals surface area contributed by atoms with E-state index in [2.05, 4.69) is 15.3 Å². The van der Waals surface area contributed by atoms with Gasteiger partial charge in [0.1, 0.15) is 11.6 Å². The molecular formula is C19H15FN4OS. The Balaban J connectivity index is 1.61. The summed E-state index contributed by atoms with van der Waals surface area (Å²) in [6.07, 6.45) is 0. The van der Waals surface area contributed by atoms with Crippen LogP contribution < -0.4 is 4.74 Å². The molecule has 2 aromatic carbocycles. The highest BCUT2D eigenvalue weighted by molar-refractivity contribution is 7.98. The summed E-state index contributed by atoms with van der Waals surface area (Å²) >= 11 is 1.47. The van der Waals surface area contributed by atoms with Crippen LogP contribution in [0.25, 0.3) is 16.9 Å². The molecule has 0 amide bonds. The molecule has 0 N–H and O–H groups in total. The van der Waals surface area contributed by atoms with Crippen LogP contribution in [0.15, 0.2) is 65.8 Å². The second-order valence-corrected chi connectivity index (χ2v) is 6.56. The summed E-state index contributed by atoms with van der Waals surface area (Å²) in [5.74, 6) is 1.15. The van der Waals surface area contributed by atoms with Crippen molar-refractivity contribution < 1.29 is 9.13 Å². The molecule has 4 rings (SSSR count). The van der Waals surface area contributed by atoms with Crippen molar-refractivity contribution in [2.75, 3.05) is 7.11 Å². The van der Waals surface area contributed by atoms with Gasteiger partial charge in [-0.1, -0.05) is 23.9 Å². The molecule has 0 saturated carbocycles. The second kappa shape index (κ2) is 7.13. The van der Waals surface area contributed by atoms with Gasteiger partial charge in [-0.05, 0) is 54.1 Å². The van der Waals surface area contributed by atoms with Gasteiger partial charge in [-0.15, -0.1) is 10.2 Å². The number of halogens is 1. The second-order valence-electron chi connectivity index (χ2n) is 5.62. The van der Waals surface area contributed by atoms with Gasteiger partial charge in [0.2, 0.25) is 5.16 Å². The number of fused-ring (bicyclic) bond motifs is 1. The zero-order valence-corrected chi connectivity index (χ0v) is 14.8. The molecule has 130 valence electrons. The molecule has 0 aliphatic carbocycles. The van der Waals surface area contributed by atoms with Crippen LogP contribution in [-0.4, -0.2) is 26.9 Å². The van der Waals surface area contributed by atoms with E-state index in [1.165, 1.54) is 23.9 Å². The lowest BCUT2D eigenvalue weighted by Crippen LogP contribution is -1.96. The summed E-state index contributed by atoms with van der Waals surface area (Å²) in [4.78, 5) is 0. The molecular weight excluding hydrogens is 351 g/mol. The van der Waals surface area contributed by atoms with E-state index in [4.69, 9.17) is 4.74 Å². The van der Waals surface area contributed by atoms with Crippen LogP contribution in [0.3, 0.4) is 0 Å². The normalized spacial score (nSPS) is 11.0. The summed E-state index contributed by atoms with van der Waals surface area (Å²) in [5, 5.41) is 13.7. The lowest BCUT2D eigenvalue weighted by molar-refractivity contribution is 0.415. The number of hydrogen-bond donors (Lipinski definition) is 0. The molecule has 0 spiro atoms. The third-order valence-corrected chi connectivity index (χ3v) is 4.87. The fourth-order valence-electron chi connectivity index (χ4n) is 2.55. The number of benzene rings is 2. The molecule has 2 aromatic heterocycles. The number of thioether (sulfide) groups is 1. The Morgan fingerprint density at radius 3 is 2.65 bits per heavy atom. The standard InChI is InChI=1S/C19H15FN4OS/c1-25-16-7-5-14(6-8-16)17-9-10-18-21-22-19(24(18)23-17)26-12-13-3-2-4-15(20)11-13/h2-11H,12H2,1H3. The van der Waals surface area contributed by atoms with E-state index >= 15 is 0 Å². The van der Waals surface area contributed by atoms with Gasteiger partial charge in [-0.3, -0.25) is 0 Å². The average Bonchev–Trinajstić information content (AvgIpc) is 3.09. The maximum Gasteiger partial charge on any atom is 0.212 e. The molecule has 0 bridgehead atoms. The fourth-order valence-corrected chi connectivity index (χ4v) is 3.38. The van der Waals surface area contributed by atoms with Gasteiger partial charge < -0.3 is 4.74 Å². The first-order chi connectivity index (χ1) is 12.7. The number of nitrogens with zero attached hydrogens (tertiary/aromatic N) is 4. The predicted molar refractivity (Wildman–Crippen MR) is 98.7 cm³/mol. The largest absolute Gasteiger partial charge is 0.497 e. The first-order valence-electron chi connectivity index (χ1n) is 7.97. The van der Waals surface area contributed by atoms with Crippen molar-refractivity contribution in [1.29, 1.82) is 0 Å². The van der Waals surface area contributed by atoms with Crippen LogP contribution in [0.1, 0.15) is 5.56 Å². The first-order valence-corrected chi connectivity index (χ1v) is 8.95. The number of rotatable bonds is 5. The number of ether oxygens (including phenoxy) is 1. The van der Waals surface area contributed by atoms with Gasteiger partial charge in [0.25, 0.3) is 0 Å². The number of hydrogen-bond acceptors (Lipinski definition) is 5. The number of aromatic nitrogens is 4. The Hall–Kier alpha value is -2.93. The summed E-state index contributed by atoms with van der Waals surface area (Å²) in [7, 11) is 1.64. The van der Waals surface area contributed by atoms with E-state index in [9.17, 15) is 4.39 Å². The van der Waals surface area contributed by atoms with Gasteiger partial charge in [-0.25, -0.2) is 4.39 Å². The van der Waals surface area contributed by atoms with Crippen LogP contribution in [0.4, 0.5) is 4.39 Å². The average molecular weight is 366 g/mol. The fraction of sp³-hybridized carbons (Fsp3) is 0.105. The van der Waals surface area contributed by atoms with Gasteiger partial charge in [0.05, 0.1) is 12.8 Å². The Morgan fingerprint density at radius 1 is 1.04 bits per heavy atom. The van der Waals surface area contributed by atoms with E-state index in [0.717, 1.165) is 22.6 Å². The Labute approximate surface area is 153 Å². The maximum atomic E-state index is 13.3. The topological polar surface area (TPSA) is 52.3 Å². The van der Waals surface area contributed by atoms with E-state index in [1.807, 2.05) is 42.5 Å². The summed E-state index contributed by atoms with van der Waals surface area (Å²) in [6.45, 7) is 0. The molecule has 4 aromatic rings. The van der Waals surface area contributed by atoms with Crippen LogP contribution in [0.5, 0.6) is 5.75 Å². The molecule has 0 fully saturated rings. The number of methoxy groups -OCH3 is 1. The van der Waals surface area contributed by atoms with Crippen molar-refractivity contribution in [3.05, 3.63) is 72.0 Å². The van der Waals surface area contributed by atoms with E-state index in [1.54, 1.807) is 17.7 Å². The highest BCUT2D eigenvalue weighted by atomic mass is 32.2. The van der Waals surface area contributed by atoms with Crippen molar-refractivity contribution in [3.63, 3.8) is 0 Å². The quantitative estimate of drug-likeness (QED) is 0.495. The SMILES string of the molecule is COc1ccc(-c2ccc3nnc(SCc4cccc(F)c4)n3n2)cc1. The van der Waals surface area contributed by atoms with Crippen molar-refractivity contribution in [2.45, 2.75) is 10.9 Å². The van der Waals surface area contributed by atoms with Crippen LogP contribution in [0.2, 0.25) is 0 Å². The predicted octanol–water partition coefficient (Wildman–Crippen LogP) is 4.23. The molecule has 0 atom stereocenters. The van der Waals surface area contributed by atoms with E-state index in [-0.39, 0.29) is 5.82 Å². The molecule has 0 unspecified atom stereocenters. The monoisotopic (exact) mass is 366 g/mol. The van der Waals surface area contributed by atoms with Crippen LogP contribution >= 0.6 is 11.8 Å². The van der Waals surface area contributed by atoms with Crippen molar-refractivity contribution in [2.24, 2.45) is 0 Å². The molecule has 7 heteroatoms. The van der Waals surface area contributed by atoms with Crippen molar-refractivity contribution in [1.82, 2.24) is 19.8 Å². The zero-order chi connectivity index (χ0) is 17.9. The van der Waals surface area contributed by atoms with E-state index < -0.39 is 0 Å². The lowest BCUT2D eigenvalue weighted by Gasteiger charge is -2.05. The molecule has 0 aliphatic heterocycles. The van der Waals surface area contributed by atoms with Crippen LogP contribution in [0, 0.1) is 5.82 Å². The van der Waals surface area contributed by atoms with Gasteiger partial charge in [0.15, 0.2) is 5.65 Å². The molecule has 0 saturated heterocycles. The minimum Gasteiger partial charge on any atom is -0.497 e. The minimum absolute atomic E-state index is 0.242. The third-order valence-electron chi connectivity index (χ3n) is 3.88. The smallest absolute Gasteiger partial charge is 0.212 e. The highest BCUT2D eigenvalue weighted by Gasteiger charge is 2.10.